The first-order valence-electron chi connectivity index (χ1n) is 8.68. The second-order valence-corrected chi connectivity index (χ2v) is 6.53. The van der Waals surface area contributed by atoms with E-state index in [-0.39, 0.29) is 11.7 Å². The molecule has 5 rings (SSSR count). The fourth-order valence-electron chi connectivity index (χ4n) is 3.63. The fourth-order valence-corrected chi connectivity index (χ4v) is 3.63. The smallest absolute Gasteiger partial charge is 0.330 e. The van der Waals surface area contributed by atoms with Crippen LogP contribution < -0.4 is 5.69 Å². The highest BCUT2D eigenvalue weighted by Gasteiger charge is 2.23. The van der Waals surface area contributed by atoms with Gasteiger partial charge in [0.15, 0.2) is 11.5 Å². The average molecular weight is 350 g/mol. The third kappa shape index (κ3) is 2.19. The number of aryl methyl sites for hydroxylation is 1. The lowest BCUT2D eigenvalue weighted by molar-refractivity contribution is 0.0695. The highest BCUT2D eigenvalue weighted by molar-refractivity contribution is 5.73. The molecule has 1 aliphatic rings. The second-order valence-electron chi connectivity index (χ2n) is 6.53. The first-order valence-corrected chi connectivity index (χ1v) is 8.68. The van der Waals surface area contributed by atoms with E-state index < -0.39 is 0 Å². The van der Waals surface area contributed by atoms with Gasteiger partial charge in [-0.2, -0.15) is 0 Å². The fraction of sp³-hybridized carbons (Fsp3) is 0.333. The molecule has 132 valence electrons. The van der Waals surface area contributed by atoms with Gasteiger partial charge in [-0.1, -0.05) is 6.07 Å². The molecule has 0 aliphatic carbocycles. The molecule has 0 spiro atoms. The van der Waals surface area contributed by atoms with Gasteiger partial charge in [-0.25, -0.2) is 19.7 Å². The minimum Gasteiger partial charge on any atom is -0.381 e. The normalized spacial score (nSPS) is 15.9. The highest BCUT2D eigenvalue weighted by Crippen LogP contribution is 2.25. The molecule has 1 fully saturated rings. The van der Waals surface area contributed by atoms with E-state index in [1.165, 1.54) is 0 Å². The summed E-state index contributed by atoms with van der Waals surface area (Å²) in [5.41, 5.74) is 2.98. The zero-order valence-corrected chi connectivity index (χ0v) is 14.4. The summed E-state index contributed by atoms with van der Waals surface area (Å²) >= 11 is 0. The van der Waals surface area contributed by atoms with Crippen molar-refractivity contribution in [3.63, 3.8) is 0 Å². The third-order valence-electron chi connectivity index (χ3n) is 5.03. The molecule has 0 saturated carbocycles. The van der Waals surface area contributed by atoms with Crippen LogP contribution in [0.5, 0.6) is 0 Å². The molecule has 4 aromatic rings. The van der Waals surface area contributed by atoms with Crippen LogP contribution in [0.2, 0.25) is 0 Å². The molecular weight excluding hydrogens is 332 g/mol. The number of aromatic nitrogens is 6. The van der Waals surface area contributed by atoms with Crippen molar-refractivity contribution in [1.29, 1.82) is 0 Å². The quantitative estimate of drug-likeness (QED) is 0.551. The monoisotopic (exact) mass is 350 g/mol. The average Bonchev–Trinajstić information content (AvgIpc) is 3.22. The summed E-state index contributed by atoms with van der Waals surface area (Å²) in [7, 11) is 1.76. The van der Waals surface area contributed by atoms with Crippen molar-refractivity contribution in [2.45, 2.75) is 18.9 Å². The standard InChI is InChI=1S/C18H18N6O2/c1-22-14-11-20-16(13-10-19-15-4-2-3-7-23(13)15)21-17(14)24(18(22)25)12-5-8-26-9-6-12/h2-4,7,10-12H,5-6,8-9H2,1H3. The predicted octanol–water partition coefficient (Wildman–Crippen LogP) is 1.80. The summed E-state index contributed by atoms with van der Waals surface area (Å²) < 4.78 is 10.8. The van der Waals surface area contributed by atoms with Crippen LogP contribution in [0.1, 0.15) is 18.9 Å². The maximum absolute atomic E-state index is 12.8. The third-order valence-corrected chi connectivity index (χ3v) is 5.03. The summed E-state index contributed by atoms with van der Waals surface area (Å²) in [5.74, 6) is 0.558. The van der Waals surface area contributed by atoms with Gasteiger partial charge in [-0.15, -0.1) is 0 Å². The number of imidazole rings is 2. The van der Waals surface area contributed by atoms with Gasteiger partial charge in [-0.05, 0) is 25.0 Å². The van der Waals surface area contributed by atoms with Crippen LogP contribution >= 0.6 is 0 Å². The molecule has 0 amide bonds. The molecule has 0 N–H and O–H groups in total. The van der Waals surface area contributed by atoms with Gasteiger partial charge < -0.3 is 4.74 Å². The number of hydrogen-bond acceptors (Lipinski definition) is 5. The zero-order valence-electron chi connectivity index (χ0n) is 14.4. The van der Waals surface area contributed by atoms with Crippen LogP contribution in [0, 0.1) is 0 Å². The van der Waals surface area contributed by atoms with Crippen molar-refractivity contribution in [3.05, 3.63) is 47.3 Å². The molecule has 0 unspecified atom stereocenters. The Labute approximate surface area is 148 Å². The summed E-state index contributed by atoms with van der Waals surface area (Å²) in [6.45, 7) is 1.33. The lowest BCUT2D eigenvalue weighted by Crippen LogP contribution is -2.30. The second kappa shape index (κ2) is 5.77. The van der Waals surface area contributed by atoms with Crippen LogP contribution in [0.3, 0.4) is 0 Å². The topological polar surface area (TPSA) is 79.2 Å². The van der Waals surface area contributed by atoms with E-state index in [0.717, 1.165) is 29.7 Å². The van der Waals surface area contributed by atoms with Gasteiger partial charge in [-0.3, -0.25) is 13.5 Å². The lowest BCUT2D eigenvalue weighted by atomic mass is 10.1. The van der Waals surface area contributed by atoms with Crippen LogP contribution in [0.4, 0.5) is 0 Å². The maximum atomic E-state index is 12.8. The van der Waals surface area contributed by atoms with E-state index in [1.807, 2.05) is 28.8 Å². The molecule has 1 aliphatic heterocycles. The Balaban J connectivity index is 1.73. The lowest BCUT2D eigenvalue weighted by Gasteiger charge is -2.22. The van der Waals surface area contributed by atoms with Gasteiger partial charge in [0.25, 0.3) is 0 Å². The SMILES string of the molecule is Cn1c(=O)n(C2CCOCC2)c2nc(-c3cnc4ccccn34)ncc21. The Morgan fingerprint density at radius 1 is 1.15 bits per heavy atom. The number of ether oxygens (including phenoxy) is 1. The number of rotatable bonds is 2. The number of hydrogen-bond donors (Lipinski definition) is 0. The minimum atomic E-state index is -0.0588. The number of pyridine rings is 1. The van der Waals surface area contributed by atoms with Crippen molar-refractivity contribution in [2.75, 3.05) is 13.2 Å². The minimum absolute atomic E-state index is 0.0588. The van der Waals surface area contributed by atoms with Crippen molar-refractivity contribution in [2.24, 2.45) is 7.05 Å². The Morgan fingerprint density at radius 3 is 2.85 bits per heavy atom. The molecule has 0 atom stereocenters. The molecule has 4 aromatic heterocycles. The molecule has 0 aromatic carbocycles. The van der Waals surface area contributed by atoms with Gasteiger partial charge >= 0.3 is 5.69 Å². The van der Waals surface area contributed by atoms with Crippen molar-refractivity contribution >= 4 is 16.8 Å². The molecule has 0 bridgehead atoms. The molecular formula is C18H18N6O2. The van der Waals surface area contributed by atoms with Crippen LogP contribution in [-0.2, 0) is 11.8 Å². The van der Waals surface area contributed by atoms with Gasteiger partial charge in [0, 0.05) is 32.5 Å². The molecule has 26 heavy (non-hydrogen) atoms. The maximum Gasteiger partial charge on any atom is 0.330 e. The van der Waals surface area contributed by atoms with E-state index >= 15 is 0 Å². The van der Waals surface area contributed by atoms with E-state index in [2.05, 4.69) is 9.97 Å². The number of nitrogens with zero attached hydrogens (tertiary/aromatic N) is 6. The Morgan fingerprint density at radius 2 is 2.00 bits per heavy atom. The summed E-state index contributed by atoms with van der Waals surface area (Å²) in [4.78, 5) is 26.4. The van der Waals surface area contributed by atoms with E-state index in [9.17, 15) is 4.79 Å². The molecule has 5 heterocycles. The van der Waals surface area contributed by atoms with Gasteiger partial charge in [0.2, 0.25) is 0 Å². The summed E-state index contributed by atoms with van der Waals surface area (Å²) in [5, 5.41) is 0. The van der Waals surface area contributed by atoms with Crippen molar-refractivity contribution < 1.29 is 4.74 Å². The van der Waals surface area contributed by atoms with Crippen molar-refractivity contribution in [3.8, 4) is 11.5 Å². The molecule has 0 radical (unpaired) electrons. The Bertz CT molecular complexity index is 1170. The van der Waals surface area contributed by atoms with E-state index in [0.29, 0.717) is 24.7 Å². The first kappa shape index (κ1) is 15.3. The van der Waals surface area contributed by atoms with Crippen LogP contribution in [-0.4, -0.2) is 41.7 Å². The number of fused-ring (bicyclic) bond motifs is 2. The van der Waals surface area contributed by atoms with Gasteiger partial charge in [0.1, 0.15) is 16.9 Å². The molecule has 1 saturated heterocycles. The zero-order chi connectivity index (χ0) is 17.7. The largest absolute Gasteiger partial charge is 0.381 e. The van der Waals surface area contributed by atoms with Crippen molar-refractivity contribution in [1.82, 2.24) is 28.5 Å². The van der Waals surface area contributed by atoms with E-state index in [1.54, 1.807) is 28.6 Å². The molecule has 8 nitrogen and oxygen atoms in total. The molecule has 8 heteroatoms. The first-order chi connectivity index (χ1) is 12.7. The summed E-state index contributed by atoms with van der Waals surface area (Å²) in [6, 6.07) is 5.92. The predicted molar refractivity (Wildman–Crippen MR) is 96.0 cm³/mol. The van der Waals surface area contributed by atoms with Gasteiger partial charge in [0.05, 0.1) is 12.4 Å². The van der Waals surface area contributed by atoms with E-state index in [4.69, 9.17) is 9.72 Å². The Hall–Kier alpha value is -3.00. The Kier molecular flexibility index (Phi) is 3.39. The van der Waals surface area contributed by atoms with Crippen LogP contribution in [0.25, 0.3) is 28.3 Å². The summed E-state index contributed by atoms with van der Waals surface area (Å²) in [6.07, 6.45) is 7.04. The highest BCUT2D eigenvalue weighted by atomic mass is 16.5. The van der Waals surface area contributed by atoms with Crippen LogP contribution in [0.15, 0.2) is 41.6 Å².